The van der Waals surface area contributed by atoms with Gasteiger partial charge in [0.15, 0.2) is 27.9 Å². The SMILES string of the molecule is CCOc1cc(C(=O)Nc2ccccc2S(C)(=O)=O)ccc1OCC(=O)N1CCCCC1. The quantitative estimate of drug-likeness (QED) is 0.649. The molecule has 32 heavy (non-hydrogen) atoms. The standard InChI is InChI=1S/C23H28N2O6S/c1-3-30-20-15-17(23(27)24-18-9-5-6-10-21(18)32(2,28)29)11-12-19(20)31-16-22(26)25-13-7-4-8-14-25/h5-6,9-12,15H,3-4,7-8,13-14,16H2,1-2H3,(H,24,27). The third kappa shape index (κ3) is 6.00. The van der Waals surface area contributed by atoms with E-state index < -0.39 is 15.7 Å². The Morgan fingerprint density at radius 3 is 2.41 bits per heavy atom. The molecule has 3 rings (SSSR count). The third-order valence-corrected chi connectivity index (χ3v) is 6.26. The van der Waals surface area contributed by atoms with Crippen LogP contribution in [0.4, 0.5) is 5.69 Å². The largest absolute Gasteiger partial charge is 0.490 e. The van der Waals surface area contributed by atoms with Gasteiger partial charge in [0.1, 0.15) is 0 Å². The van der Waals surface area contributed by atoms with Crippen LogP contribution in [0.5, 0.6) is 11.5 Å². The highest BCUT2D eigenvalue weighted by molar-refractivity contribution is 7.90. The molecular formula is C23H28N2O6S. The van der Waals surface area contributed by atoms with Gasteiger partial charge in [-0.1, -0.05) is 12.1 Å². The molecule has 2 amide bonds. The predicted octanol–water partition coefficient (Wildman–Crippen LogP) is 3.13. The van der Waals surface area contributed by atoms with Crippen LogP contribution in [0.25, 0.3) is 0 Å². The third-order valence-electron chi connectivity index (χ3n) is 5.10. The molecule has 2 aromatic carbocycles. The Bertz CT molecular complexity index is 1080. The zero-order valence-corrected chi connectivity index (χ0v) is 19.1. The first-order valence-corrected chi connectivity index (χ1v) is 12.5. The highest BCUT2D eigenvalue weighted by Gasteiger charge is 2.19. The lowest BCUT2D eigenvalue weighted by Gasteiger charge is -2.26. The van der Waals surface area contributed by atoms with E-state index in [1.807, 2.05) is 0 Å². The normalized spacial score (nSPS) is 14.0. The second-order valence-corrected chi connectivity index (χ2v) is 9.53. The average molecular weight is 461 g/mol. The van der Waals surface area contributed by atoms with Gasteiger partial charge >= 0.3 is 0 Å². The van der Waals surface area contributed by atoms with E-state index in [0.29, 0.717) is 18.1 Å². The molecule has 0 saturated carbocycles. The molecule has 0 atom stereocenters. The molecule has 0 aliphatic carbocycles. The summed E-state index contributed by atoms with van der Waals surface area (Å²) in [5, 5.41) is 2.64. The number of nitrogens with zero attached hydrogens (tertiary/aromatic N) is 1. The molecule has 1 aliphatic rings. The van der Waals surface area contributed by atoms with Gasteiger partial charge in [0.25, 0.3) is 11.8 Å². The number of para-hydroxylation sites is 1. The molecule has 1 saturated heterocycles. The Labute approximate surface area is 188 Å². The summed E-state index contributed by atoms with van der Waals surface area (Å²) in [5.41, 5.74) is 0.469. The van der Waals surface area contributed by atoms with Crippen molar-refractivity contribution < 1.29 is 27.5 Å². The van der Waals surface area contributed by atoms with Crippen molar-refractivity contribution in [2.45, 2.75) is 31.1 Å². The average Bonchev–Trinajstić information content (AvgIpc) is 2.78. The number of likely N-dealkylation sites (tertiary alicyclic amines) is 1. The number of carbonyl (C=O) groups is 2. The lowest BCUT2D eigenvalue weighted by molar-refractivity contribution is -0.134. The summed E-state index contributed by atoms with van der Waals surface area (Å²) in [6, 6.07) is 10.8. The zero-order valence-electron chi connectivity index (χ0n) is 18.3. The van der Waals surface area contributed by atoms with Crippen molar-refractivity contribution in [3.8, 4) is 11.5 Å². The summed E-state index contributed by atoms with van der Waals surface area (Å²) in [6.07, 6.45) is 4.23. The Kier molecular flexibility index (Phi) is 7.74. The number of hydrogen-bond donors (Lipinski definition) is 1. The van der Waals surface area contributed by atoms with Crippen molar-refractivity contribution in [3.63, 3.8) is 0 Å². The van der Waals surface area contributed by atoms with Crippen LogP contribution in [0.1, 0.15) is 36.5 Å². The highest BCUT2D eigenvalue weighted by atomic mass is 32.2. The summed E-state index contributed by atoms with van der Waals surface area (Å²) >= 11 is 0. The van der Waals surface area contributed by atoms with E-state index in [1.54, 1.807) is 36.1 Å². The molecule has 2 aromatic rings. The number of rotatable bonds is 8. The first-order chi connectivity index (χ1) is 15.3. The van der Waals surface area contributed by atoms with E-state index in [9.17, 15) is 18.0 Å². The zero-order chi connectivity index (χ0) is 23.1. The molecule has 0 spiro atoms. The summed E-state index contributed by atoms with van der Waals surface area (Å²) in [4.78, 5) is 27.0. The monoisotopic (exact) mass is 460 g/mol. The van der Waals surface area contributed by atoms with Gasteiger partial charge in [0.2, 0.25) is 0 Å². The number of piperidine rings is 1. The number of hydrogen-bond acceptors (Lipinski definition) is 6. The molecule has 1 heterocycles. The van der Waals surface area contributed by atoms with Gasteiger partial charge in [-0.05, 0) is 56.5 Å². The molecule has 0 radical (unpaired) electrons. The van der Waals surface area contributed by atoms with Gasteiger partial charge in [-0.2, -0.15) is 0 Å². The minimum atomic E-state index is -3.51. The van der Waals surface area contributed by atoms with Crippen LogP contribution < -0.4 is 14.8 Å². The van der Waals surface area contributed by atoms with Crippen LogP contribution in [-0.2, 0) is 14.6 Å². The Hall–Kier alpha value is -3.07. The number of nitrogens with one attached hydrogen (secondary N) is 1. The fourth-order valence-corrected chi connectivity index (χ4v) is 4.34. The molecule has 9 heteroatoms. The Morgan fingerprint density at radius 2 is 1.72 bits per heavy atom. The number of anilines is 1. The summed E-state index contributed by atoms with van der Waals surface area (Å²) in [7, 11) is -3.51. The van der Waals surface area contributed by atoms with E-state index >= 15 is 0 Å². The van der Waals surface area contributed by atoms with Crippen molar-refractivity contribution in [3.05, 3.63) is 48.0 Å². The number of sulfone groups is 1. The molecule has 172 valence electrons. The van der Waals surface area contributed by atoms with Gasteiger partial charge < -0.3 is 19.7 Å². The van der Waals surface area contributed by atoms with Crippen LogP contribution in [0.15, 0.2) is 47.4 Å². The number of benzene rings is 2. The fraction of sp³-hybridized carbons (Fsp3) is 0.391. The van der Waals surface area contributed by atoms with Crippen LogP contribution in [0.2, 0.25) is 0 Å². The number of amides is 2. The van der Waals surface area contributed by atoms with Gasteiger partial charge in [0.05, 0.1) is 17.2 Å². The molecule has 1 fully saturated rings. The van der Waals surface area contributed by atoms with E-state index in [-0.39, 0.29) is 28.7 Å². The first-order valence-electron chi connectivity index (χ1n) is 10.6. The second-order valence-electron chi connectivity index (χ2n) is 7.55. The van der Waals surface area contributed by atoms with Gasteiger partial charge in [-0.25, -0.2) is 8.42 Å². The van der Waals surface area contributed by atoms with Gasteiger partial charge in [-0.15, -0.1) is 0 Å². The molecule has 1 N–H and O–H groups in total. The highest BCUT2D eigenvalue weighted by Crippen LogP contribution is 2.29. The maximum atomic E-state index is 12.8. The molecule has 0 bridgehead atoms. The van der Waals surface area contributed by atoms with Crippen molar-refractivity contribution in [1.29, 1.82) is 0 Å². The minimum Gasteiger partial charge on any atom is -0.490 e. The molecule has 0 unspecified atom stereocenters. The number of carbonyl (C=O) groups excluding carboxylic acids is 2. The van der Waals surface area contributed by atoms with E-state index in [4.69, 9.17) is 9.47 Å². The van der Waals surface area contributed by atoms with Crippen LogP contribution in [0, 0.1) is 0 Å². The van der Waals surface area contributed by atoms with Crippen LogP contribution >= 0.6 is 0 Å². The van der Waals surface area contributed by atoms with Gasteiger partial charge in [-0.3, -0.25) is 9.59 Å². The molecule has 0 aromatic heterocycles. The van der Waals surface area contributed by atoms with Crippen molar-refractivity contribution in [2.24, 2.45) is 0 Å². The van der Waals surface area contributed by atoms with E-state index in [1.165, 1.54) is 18.2 Å². The van der Waals surface area contributed by atoms with E-state index in [2.05, 4.69) is 5.32 Å². The van der Waals surface area contributed by atoms with Crippen molar-refractivity contribution in [2.75, 3.05) is 37.9 Å². The topological polar surface area (TPSA) is 102 Å². The lowest BCUT2D eigenvalue weighted by Crippen LogP contribution is -2.38. The summed E-state index contributed by atoms with van der Waals surface area (Å²) in [5.74, 6) is 0.137. The summed E-state index contributed by atoms with van der Waals surface area (Å²) < 4.78 is 35.3. The fourth-order valence-electron chi connectivity index (χ4n) is 3.50. The summed E-state index contributed by atoms with van der Waals surface area (Å²) in [6.45, 7) is 3.53. The van der Waals surface area contributed by atoms with E-state index in [0.717, 1.165) is 38.6 Å². The van der Waals surface area contributed by atoms with Crippen LogP contribution in [-0.4, -0.2) is 57.7 Å². The van der Waals surface area contributed by atoms with Crippen molar-refractivity contribution in [1.82, 2.24) is 4.90 Å². The molecular weight excluding hydrogens is 432 g/mol. The van der Waals surface area contributed by atoms with Gasteiger partial charge in [0, 0.05) is 24.9 Å². The predicted molar refractivity (Wildman–Crippen MR) is 121 cm³/mol. The van der Waals surface area contributed by atoms with Crippen molar-refractivity contribution >= 4 is 27.3 Å². The van der Waals surface area contributed by atoms with Crippen LogP contribution in [0.3, 0.4) is 0 Å². The smallest absolute Gasteiger partial charge is 0.260 e. The second kappa shape index (κ2) is 10.5. The maximum Gasteiger partial charge on any atom is 0.260 e. The number of ether oxygens (including phenoxy) is 2. The molecule has 8 nitrogen and oxygen atoms in total. The maximum absolute atomic E-state index is 12.8. The Balaban J connectivity index is 1.74. The minimum absolute atomic E-state index is 0.0366. The lowest BCUT2D eigenvalue weighted by atomic mass is 10.1. The Morgan fingerprint density at radius 1 is 1.00 bits per heavy atom. The molecule has 1 aliphatic heterocycles. The first kappa shape index (κ1) is 23.6.